The lowest BCUT2D eigenvalue weighted by Crippen LogP contribution is -2.46. The molecule has 2 N–H and O–H groups in total. The van der Waals surface area contributed by atoms with Gasteiger partial charge in [-0.05, 0) is 33.1 Å². The summed E-state index contributed by atoms with van der Waals surface area (Å²) in [6.45, 7) is 17.7. The van der Waals surface area contributed by atoms with E-state index in [2.05, 4.69) is 59.1 Å². The van der Waals surface area contributed by atoms with Gasteiger partial charge in [-0.15, -0.1) is 0 Å². The molecule has 0 aliphatic carbocycles. The number of hydrogen-bond acceptors (Lipinski definition) is 2. The summed E-state index contributed by atoms with van der Waals surface area (Å²) < 4.78 is 0. The van der Waals surface area contributed by atoms with Gasteiger partial charge < -0.3 is 10.6 Å². The summed E-state index contributed by atoms with van der Waals surface area (Å²) in [7, 11) is 0. The average Bonchev–Trinajstić information content (AvgIpc) is 1.94. The Morgan fingerprint density at radius 3 is 1.86 bits per heavy atom. The molecule has 1 atom stereocenters. The van der Waals surface area contributed by atoms with Crippen molar-refractivity contribution in [3.8, 4) is 0 Å². The van der Waals surface area contributed by atoms with Crippen LogP contribution in [0.1, 0.15) is 48.5 Å². The quantitative estimate of drug-likeness (QED) is 0.728. The summed E-state index contributed by atoms with van der Waals surface area (Å²) >= 11 is 0. The second-order valence-corrected chi connectivity index (χ2v) is 6.47. The van der Waals surface area contributed by atoms with E-state index in [4.69, 9.17) is 0 Å². The van der Waals surface area contributed by atoms with Gasteiger partial charge in [-0.3, -0.25) is 0 Å². The van der Waals surface area contributed by atoms with E-state index in [9.17, 15) is 0 Å². The molecule has 0 saturated carbocycles. The second-order valence-electron chi connectivity index (χ2n) is 6.47. The van der Waals surface area contributed by atoms with Gasteiger partial charge in [0, 0.05) is 24.7 Å². The molecule has 0 heterocycles. The van der Waals surface area contributed by atoms with Gasteiger partial charge in [0.15, 0.2) is 0 Å². The molecule has 0 radical (unpaired) electrons. The van der Waals surface area contributed by atoms with Crippen LogP contribution < -0.4 is 10.6 Å². The molecule has 0 aliphatic heterocycles. The van der Waals surface area contributed by atoms with E-state index in [-0.39, 0.29) is 5.54 Å². The molecule has 0 amide bonds. The van der Waals surface area contributed by atoms with E-state index in [1.807, 2.05) is 0 Å². The zero-order valence-corrected chi connectivity index (χ0v) is 11.0. The molecule has 0 aromatic rings. The molecule has 0 saturated heterocycles. The highest BCUT2D eigenvalue weighted by molar-refractivity contribution is 4.76. The molecular formula is C12H28N2. The fourth-order valence-corrected chi connectivity index (χ4v) is 1.01. The molecule has 1 unspecified atom stereocenters. The first kappa shape index (κ1) is 13.9. The SMILES string of the molecule is CC(CNC(C)(C)C)NCC(C)(C)C. The Balaban J connectivity index is 3.62. The largest absolute Gasteiger partial charge is 0.312 e. The topological polar surface area (TPSA) is 24.1 Å². The smallest absolute Gasteiger partial charge is 0.0164 e. The van der Waals surface area contributed by atoms with Crippen LogP contribution in [0.25, 0.3) is 0 Å². The monoisotopic (exact) mass is 200 g/mol. The standard InChI is InChI=1S/C12H28N2/c1-10(8-14-12(5,6)7)13-9-11(2,3)4/h10,13-14H,8-9H2,1-7H3. The molecule has 86 valence electrons. The molecule has 2 heteroatoms. The molecule has 0 aromatic carbocycles. The third kappa shape index (κ3) is 10.0. The van der Waals surface area contributed by atoms with Crippen LogP contribution in [-0.4, -0.2) is 24.7 Å². The zero-order valence-electron chi connectivity index (χ0n) is 11.0. The van der Waals surface area contributed by atoms with E-state index in [1.165, 1.54) is 0 Å². The Hall–Kier alpha value is -0.0800. The minimum atomic E-state index is 0.220. The van der Waals surface area contributed by atoms with Gasteiger partial charge in [-0.1, -0.05) is 20.8 Å². The van der Waals surface area contributed by atoms with Crippen LogP contribution in [0.15, 0.2) is 0 Å². The maximum atomic E-state index is 3.53. The lowest BCUT2D eigenvalue weighted by Gasteiger charge is -2.26. The Bertz CT molecular complexity index is 133. The first-order valence-electron chi connectivity index (χ1n) is 5.58. The first-order chi connectivity index (χ1) is 6.10. The van der Waals surface area contributed by atoms with Crippen LogP contribution in [0.3, 0.4) is 0 Å². The number of nitrogens with one attached hydrogen (secondary N) is 2. The van der Waals surface area contributed by atoms with Gasteiger partial charge in [0.1, 0.15) is 0 Å². The summed E-state index contributed by atoms with van der Waals surface area (Å²) in [6, 6.07) is 0.536. The van der Waals surface area contributed by atoms with Crippen molar-refractivity contribution in [2.45, 2.75) is 60.0 Å². The minimum Gasteiger partial charge on any atom is -0.312 e. The van der Waals surface area contributed by atoms with Crippen molar-refractivity contribution in [3.05, 3.63) is 0 Å². The molecule has 14 heavy (non-hydrogen) atoms. The van der Waals surface area contributed by atoms with Crippen molar-refractivity contribution in [2.75, 3.05) is 13.1 Å². The number of rotatable bonds is 4. The summed E-state index contributed by atoms with van der Waals surface area (Å²) in [6.07, 6.45) is 0. The molecule has 0 aromatic heterocycles. The Kier molecular flexibility index (Phi) is 5.10. The van der Waals surface area contributed by atoms with Crippen molar-refractivity contribution in [2.24, 2.45) is 5.41 Å². The van der Waals surface area contributed by atoms with Gasteiger partial charge in [0.2, 0.25) is 0 Å². The van der Waals surface area contributed by atoms with E-state index in [1.54, 1.807) is 0 Å². The summed E-state index contributed by atoms with van der Waals surface area (Å²) in [5.41, 5.74) is 0.591. The van der Waals surface area contributed by atoms with Crippen LogP contribution in [0.5, 0.6) is 0 Å². The highest BCUT2D eigenvalue weighted by atomic mass is 15.0. The molecular weight excluding hydrogens is 172 g/mol. The fraction of sp³-hybridized carbons (Fsp3) is 1.00. The number of hydrogen-bond donors (Lipinski definition) is 2. The Morgan fingerprint density at radius 2 is 1.50 bits per heavy atom. The van der Waals surface area contributed by atoms with Crippen LogP contribution in [0.2, 0.25) is 0 Å². The van der Waals surface area contributed by atoms with E-state index < -0.39 is 0 Å². The average molecular weight is 200 g/mol. The van der Waals surface area contributed by atoms with Gasteiger partial charge in [-0.2, -0.15) is 0 Å². The van der Waals surface area contributed by atoms with Crippen LogP contribution in [-0.2, 0) is 0 Å². The second kappa shape index (κ2) is 5.13. The Morgan fingerprint density at radius 1 is 1.00 bits per heavy atom. The predicted molar refractivity (Wildman–Crippen MR) is 64.7 cm³/mol. The molecule has 0 rings (SSSR count). The Labute approximate surface area is 89.9 Å². The lowest BCUT2D eigenvalue weighted by molar-refractivity contribution is 0.333. The van der Waals surface area contributed by atoms with Crippen molar-refractivity contribution in [1.82, 2.24) is 10.6 Å². The summed E-state index contributed by atoms with van der Waals surface area (Å²) in [4.78, 5) is 0. The summed E-state index contributed by atoms with van der Waals surface area (Å²) in [5, 5.41) is 7.03. The van der Waals surface area contributed by atoms with Crippen molar-refractivity contribution < 1.29 is 0 Å². The molecule has 0 bridgehead atoms. The zero-order chi connectivity index (χ0) is 11.4. The molecule has 0 spiro atoms. The normalized spacial score (nSPS) is 15.6. The molecule has 0 aliphatic rings. The van der Waals surface area contributed by atoms with Gasteiger partial charge >= 0.3 is 0 Å². The van der Waals surface area contributed by atoms with E-state index in [0.717, 1.165) is 13.1 Å². The van der Waals surface area contributed by atoms with Crippen LogP contribution >= 0.6 is 0 Å². The van der Waals surface area contributed by atoms with Crippen molar-refractivity contribution >= 4 is 0 Å². The third-order valence-electron chi connectivity index (χ3n) is 1.92. The maximum absolute atomic E-state index is 3.53. The fourth-order valence-electron chi connectivity index (χ4n) is 1.01. The summed E-state index contributed by atoms with van der Waals surface area (Å²) in [5.74, 6) is 0. The van der Waals surface area contributed by atoms with Crippen LogP contribution in [0, 0.1) is 5.41 Å². The minimum absolute atomic E-state index is 0.220. The van der Waals surface area contributed by atoms with Gasteiger partial charge in [-0.25, -0.2) is 0 Å². The highest BCUT2D eigenvalue weighted by Gasteiger charge is 2.13. The highest BCUT2D eigenvalue weighted by Crippen LogP contribution is 2.10. The van der Waals surface area contributed by atoms with Crippen LogP contribution in [0.4, 0.5) is 0 Å². The van der Waals surface area contributed by atoms with Crippen molar-refractivity contribution in [1.29, 1.82) is 0 Å². The first-order valence-corrected chi connectivity index (χ1v) is 5.58. The predicted octanol–water partition coefficient (Wildman–Crippen LogP) is 2.40. The van der Waals surface area contributed by atoms with E-state index >= 15 is 0 Å². The van der Waals surface area contributed by atoms with Gasteiger partial charge in [0.25, 0.3) is 0 Å². The van der Waals surface area contributed by atoms with Crippen molar-refractivity contribution in [3.63, 3.8) is 0 Å². The molecule has 2 nitrogen and oxygen atoms in total. The lowest BCUT2D eigenvalue weighted by atomic mass is 9.96. The molecule has 0 fully saturated rings. The van der Waals surface area contributed by atoms with Gasteiger partial charge in [0.05, 0.1) is 0 Å². The third-order valence-corrected chi connectivity index (χ3v) is 1.92. The van der Waals surface area contributed by atoms with E-state index in [0.29, 0.717) is 11.5 Å². The maximum Gasteiger partial charge on any atom is 0.0164 e.